The highest BCUT2D eigenvalue weighted by molar-refractivity contribution is 5.98. The molecular formula is C18H23FN2O4. The summed E-state index contributed by atoms with van der Waals surface area (Å²) in [7, 11) is 0. The van der Waals surface area contributed by atoms with Crippen molar-refractivity contribution in [2.24, 2.45) is 5.92 Å². The first-order valence-electron chi connectivity index (χ1n) is 8.30. The Hall–Kier alpha value is -2.41. The molecule has 0 bridgehead atoms. The number of hydrogen-bond acceptors (Lipinski definition) is 3. The van der Waals surface area contributed by atoms with Crippen molar-refractivity contribution in [2.45, 2.75) is 20.3 Å². The zero-order valence-corrected chi connectivity index (χ0v) is 14.4. The molecule has 0 saturated carbocycles. The number of benzene rings is 1. The number of aromatic amines is 1. The Labute approximate surface area is 145 Å². The minimum Gasteiger partial charge on any atom is -0.481 e. The number of carboxylic acids is 1. The van der Waals surface area contributed by atoms with Crippen LogP contribution in [0.1, 0.15) is 30.8 Å². The van der Waals surface area contributed by atoms with Gasteiger partial charge in [-0.3, -0.25) is 9.59 Å². The van der Waals surface area contributed by atoms with Crippen LogP contribution in [0.25, 0.3) is 10.9 Å². The molecule has 0 radical (unpaired) electrons. The summed E-state index contributed by atoms with van der Waals surface area (Å²) < 4.78 is 18.6. The van der Waals surface area contributed by atoms with E-state index in [1.165, 1.54) is 17.0 Å². The van der Waals surface area contributed by atoms with Crippen LogP contribution in [0.15, 0.2) is 24.3 Å². The molecule has 1 atom stereocenters. The van der Waals surface area contributed by atoms with Crippen LogP contribution in [-0.4, -0.2) is 53.2 Å². The SMILES string of the molecule is CCOCCCN(CC(C)C(=O)O)C(=O)c1cc2cc(F)ccc2[nH]1. The number of aliphatic carboxylic acids is 1. The quantitative estimate of drug-likeness (QED) is 0.681. The molecule has 6 nitrogen and oxygen atoms in total. The largest absolute Gasteiger partial charge is 0.481 e. The molecule has 0 aliphatic heterocycles. The van der Waals surface area contributed by atoms with Gasteiger partial charge >= 0.3 is 5.97 Å². The first-order chi connectivity index (χ1) is 11.9. The molecule has 0 spiro atoms. The van der Waals surface area contributed by atoms with E-state index < -0.39 is 11.9 Å². The van der Waals surface area contributed by atoms with E-state index in [0.717, 1.165) is 0 Å². The van der Waals surface area contributed by atoms with Crippen molar-refractivity contribution < 1.29 is 23.8 Å². The van der Waals surface area contributed by atoms with Gasteiger partial charge in [0, 0.05) is 37.2 Å². The fraction of sp³-hybridized carbons (Fsp3) is 0.444. The number of hydrogen-bond donors (Lipinski definition) is 2. The fourth-order valence-corrected chi connectivity index (χ4v) is 2.58. The van der Waals surface area contributed by atoms with Crippen LogP contribution in [0.5, 0.6) is 0 Å². The number of fused-ring (bicyclic) bond motifs is 1. The van der Waals surface area contributed by atoms with E-state index >= 15 is 0 Å². The van der Waals surface area contributed by atoms with Crippen molar-refractivity contribution in [1.29, 1.82) is 0 Å². The number of carbonyl (C=O) groups excluding carboxylic acids is 1. The topological polar surface area (TPSA) is 82.6 Å². The standard InChI is InChI=1S/C18H23FN2O4/c1-3-25-8-4-7-21(11-12(2)18(23)24)17(22)16-10-13-9-14(19)5-6-15(13)20-16/h5-6,9-10,12,20H,3-4,7-8,11H2,1-2H3,(H,23,24). The van der Waals surface area contributed by atoms with Gasteiger partial charge in [-0.15, -0.1) is 0 Å². The monoisotopic (exact) mass is 350 g/mol. The van der Waals surface area contributed by atoms with Gasteiger partial charge in [0.1, 0.15) is 11.5 Å². The highest BCUT2D eigenvalue weighted by Gasteiger charge is 2.22. The number of rotatable bonds is 9. The third kappa shape index (κ3) is 5.03. The molecular weight excluding hydrogens is 327 g/mol. The second-order valence-electron chi connectivity index (χ2n) is 5.96. The fourth-order valence-electron chi connectivity index (χ4n) is 2.58. The Kier molecular flexibility index (Phi) is 6.52. The van der Waals surface area contributed by atoms with E-state index in [9.17, 15) is 14.0 Å². The summed E-state index contributed by atoms with van der Waals surface area (Å²) in [6.07, 6.45) is 0.612. The molecule has 25 heavy (non-hydrogen) atoms. The van der Waals surface area contributed by atoms with E-state index in [2.05, 4.69) is 4.98 Å². The van der Waals surface area contributed by atoms with Gasteiger partial charge in [-0.25, -0.2) is 4.39 Å². The van der Waals surface area contributed by atoms with Gasteiger partial charge < -0.3 is 19.7 Å². The molecule has 136 valence electrons. The van der Waals surface area contributed by atoms with Crippen LogP contribution in [0.3, 0.4) is 0 Å². The number of halogens is 1. The lowest BCUT2D eigenvalue weighted by molar-refractivity contribution is -0.141. The maximum Gasteiger partial charge on any atom is 0.308 e. The Balaban J connectivity index is 2.17. The van der Waals surface area contributed by atoms with Gasteiger partial charge in [0.25, 0.3) is 5.91 Å². The van der Waals surface area contributed by atoms with Crippen LogP contribution in [0.2, 0.25) is 0 Å². The lowest BCUT2D eigenvalue weighted by Crippen LogP contribution is -2.38. The van der Waals surface area contributed by atoms with Gasteiger partial charge in [0.2, 0.25) is 0 Å². The van der Waals surface area contributed by atoms with Gasteiger partial charge in [-0.2, -0.15) is 0 Å². The third-order valence-corrected chi connectivity index (χ3v) is 3.94. The average Bonchev–Trinajstić information content (AvgIpc) is 2.99. The zero-order valence-electron chi connectivity index (χ0n) is 14.4. The number of carbonyl (C=O) groups is 2. The Morgan fingerprint density at radius 3 is 2.80 bits per heavy atom. The van der Waals surface area contributed by atoms with Gasteiger partial charge in [-0.05, 0) is 37.6 Å². The average molecular weight is 350 g/mol. The smallest absolute Gasteiger partial charge is 0.308 e. The number of H-pyrrole nitrogens is 1. The summed E-state index contributed by atoms with van der Waals surface area (Å²) in [6.45, 7) is 5.03. The van der Waals surface area contributed by atoms with Crippen LogP contribution < -0.4 is 0 Å². The molecule has 1 heterocycles. The summed E-state index contributed by atoms with van der Waals surface area (Å²) >= 11 is 0. The lowest BCUT2D eigenvalue weighted by Gasteiger charge is -2.24. The van der Waals surface area contributed by atoms with Crippen molar-refractivity contribution in [3.8, 4) is 0 Å². The molecule has 0 fully saturated rings. The van der Waals surface area contributed by atoms with Crippen molar-refractivity contribution in [3.05, 3.63) is 35.8 Å². The zero-order chi connectivity index (χ0) is 18.4. The number of ether oxygens (including phenoxy) is 1. The van der Waals surface area contributed by atoms with E-state index in [4.69, 9.17) is 9.84 Å². The Bertz CT molecular complexity index is 744. The number of aromatic nitrogens is 1. The number of nitrogens with one attached hydrogen (secondary N) is 1. The molecule has 2 N–H and O–H groups in total. The number of amides is 1. The first kappa shape index (κ1) is 18.9. The molecule has 0 saturated heterocycles. The Morgan fingerprint density at radius 2 is 2.12 bits per heavy atom. The maximum absolute atomic E-state index is 13.3. The number of nitrogens with zero attached hydrogens (tertiary/aromatic N) is 1. The summed E-state index contributed by atoms with van der Waals surface area (Å²) in [6, 6.07) is 5.82. The van der Waals surface area contributed by atoms with E-state index in [1.807, 2.05) is 6.92 Å². The highest BCUT2D eigenvalue weighted by atomic mass is 19.1. The minimum atomic E-state index is -0.957. The van der Waals surface area contributed by atoms with Crippen LogP contribution >= 0.6 is 0 Å². The van der Waals surface area contributed by atoms with Crippen molar-refractivity contribution in [3.63, 3.8) is 0 Å². The molecule has 0 aliphatic rings. The van der Waals surface area contributed by atoms with Gasteiger partial charge in [0.05, 0.1) is 5.92 Å². The van der Waals surface area contributed by atoms with E-state index in [-0.39, 0.29) is 18.3 Å². The molecule has 2 aromatic rings. The van der Waals surface area contributed by atoms with Gasteiger partial charge in [-0.1, -0.05) is 6.92 Å². The summed E-state index contributed by atoms with van der Waals surface area (Å²) in [5, 5.41) is 9.73. The predicted octanol–water partition coefficient (Wildman–Crippen LogP) is 2.90. The number of carboxylic acid groups (broad SMARTS) is 1. The maximum atomic E-state index is 13.3. The predicted molar refractivity (Wildman–Crippen MR) is 92.1 cm³/mol. The molecule has 1 aromatic carbocycles. The Morgan fingerprint density at radius 1 is 1.36 bits per heavy atom. The molecule has 2 rings (SSSR count). The van der Waals surface area contributed by atoms with Crippen molar-refractivity contribution >= 4 is 22.8 Å². The van der Waals surface area contributed by atoms with Crippen LogP contribution in [0, 0.1) is 11.7 Å². The first-order valence-corrected chi connectivity index (χ1v) is 8.30. The molecule has 1 unspecified atom stereocenters. The molecule has 1 amide bonds. The molecule has 7 heteroatoms. The van der Waals surface area contributed by atoms with Crippen LogP contribution in [0.4, 0.5) is 4.39 Å². The highest BCUT2D eigenvalue weighted by Crippen LogP contribution is 2.18. The van der Waals surface area contributed by atoms with Crippen LogP contribution in [-0.2, 0) is 9.53 Å². The second kappa shape index (κ2) is 8.62. The molecule has 1 aromatic heterocycles. The normalized spacial score (nSPS) is 12.3. The molecule has 0 aliphatic carbocycles. The van der Waals surface area contributed by atoms with Crippen molar-refractivity contribution in [2.75, 3.05) is 26.3 Å². The minimum absolute atomic E-state index is 0.101. The third-order valence-electron chi connectivity index (χ3n) is 3.94. The summed E-state index contributed by atoms with van der Waals surface area (Å²) in [5.74, 6) is -2.32. The lowest BCUT2D eigenvalue weighted by atomic mass is 10.1. The van der Waals surface area contributed by atoms with Gasteiger partial charge in [0.15, 0.2) is 0 Å². The second-order valence-corrected chi connectivity index (χ2v) is 5.96. The van der Waals surface area contributed by atoms with Crippen molar-refractivity contribution in [1.82, 2.24) is 9.88 Å². The summed E-state index contributed by atoms with van der Waals surface area (Å²) in [5.41, 5.74) is 0.972. The summed E-state index contributed by atoms with van der Waals surface area (Å²) in [4.78, 5) is 28.4. The van der Waals surface area contributed by atoms with E-state index in [0.29, 0.717) is 42.8 Å². The van der Waals surface area contributed by atoms with E-state index in [1.54, 1.807) is 19.1 Å².